The van der Waals surface area contributed by atoms with E-state index in [1.54, 1.807) is 0 Å². The highest BCUT2D eigenvalue weighted by molar-refractivity contribution is 5.91. The van der Waals surface area contributed by atoms with E-state index in [0.717, 1.165) is 24.5 Å². The van der Waals surface area contributed by atoms with Crippen molar-refractivity contribution in [2.75, 3.05) is 13.1 Å². The fourth-order valence-electron chi connectivity index (χ4n) is 2.53. The number of rotatable bonds is 0. The van der Waals surface area contributed by atoms with Crippen molar-refractivity contribution in [3.63, 3.8) is 0 Å². The summed E-state index contributed by atoms with van der Waals surface area (Å²) in [5, 5.41) is 5.46. The van der Waals surface area contributed by atoms with Crippen LogP contribution in [0.2, 0.25) is 0 Å². The first kappa shape index (κ1) is 14.3. The normalized spacial score (nSPS) is 15.9. The maximum absolute atomic E-state index is 11.1. The molecular weight excluding hydrogens is 284 g/mol. The average molecular weight is 302 g/mol. The Balaban J connectivity index is 0.000000131. The Labute approximate surface area is 127 Å². The molecule has 4 heterocycles. The minimum Gasteiger partial charge on any atom is -0.348 e. The van der Waals surface area contributed by atoms with Crippen molar-refractivity contribution in [2.45, 2.75) is 26.9 Å². The van der Waals surface area contributed by atoms with Gasteiger partial charge in [-0.1, -0.05) is 0 Å². The Hall–Kier alpha value is -2.64. The van der Waals surface area contributed by atoms with E-state index in [0.29, 0.717) is 24.7 Å². The third-order valence-corrected chi connectivity index (χ3v) is 3.48. The number of amides is 2. The highest BCUT2D eigenvalue weighted by Gasteiger charge is 2.18. The highest BCUT2D eigenvalue weighted by atomic mass is 16.2. The summed E-state index contributed by atoms with van der Waals surface area (Å²) < 4.78 is 3.77. The van der Waals surface area contributed by atoms with Crippen molar-refractivity contribution in [1.82, 2.24) is 29.7 Å². The molecule has 8 nitrogen and oxygen atoms in total. The number of carbonyl (C=O) groups is 2. The number of fused-ring (bicyclic) bond motifs is 2. The van der Waals surface area contributed by atoms with Crippen LogP contribution in [-0.2, 0) is 13.1 Å². The molecule has 2 aliphatic heterocycles. The molecule has 0 bridgehead atoms. The van der Waals surface area contributed by atoms with Crippen molar-refractivity contribution in [3.05, 3.63) is 35.4 Å². The number of nitrogens with one attached hydrogen (secondary N) is 2. The molecule has 0 fully saturated rings. The molecular formula is C14H18N6O2. The number of aromatic nitrogens is 4. The van der Waals surface area contributed by atoms with Gasteiger partial charge in [0.1, 0.15) is 0 Å². The summed E-state index contributed by atoms with van der Waals surface area (Å²) in [6, 6.07) is 0. The minimum absolute atomic E-state index is 0.0654. The standard InChI is InChI=1S/2C7H9N3O/c2*1-5-4-10-3-2-8-7(11)6(10)9-5/h2*4H,2-3H2,1H3,(H,8,11). The van der Waals surface area contributed by atoms with Gasteiger partial charge >= 0.3 is 0 Å². The molecule has 2 aliphatic rings. The summed E-state index contributed by atoms with van der Waals surface area (Å²) >= 11 is 0. The summed E-state index contributed by atoms with van der Waals surface area (Å²) in [5.41, 5.74) is 1.80. The van der Waals surface area contributed by atoms with Crippen molar-refractivity contribution in [1.29, 1.82) is 0 Å². The lowest BCUT2D eigenvalue weighted by Gasteiger charge is -2.13. The van der Waals surface area contributed by atoms with E-state index in [4.69, 9.17) is 0 Å². The van der Waals surface area contributed by atoms with E-state index < -0.39 is 0 Å². The van der Waals surface area contributed by atoms with Crippen LogP contribution in [-0.4, -0.2) is 44.0 Å². The van der Waals surface area contributed by atoms with Crippen molar-refractivity contribution < 1.29 is 9.59 Å². The second-order valence-electron chi connectivity index (χ2n) is 5.31. The average Bonchev–Trinajstić information content (AvgIpc) is 3.03. The summed E-state index contributed by atoms with van der Waals surface area (Å²) in [7, 11) is 0. The van der Waals surface area contributed by atoms with Gasteiger partial charge in [0, 0.05) is 38.6 Å². The van der Waals surface area contributed by atoms with Crippen LogP contribution < -0.4 is 10.6 Å². The molecule has 2 amide bonds. The van der Waals surface area contributed by atoms with E-state index in [-0.39, 0.29) is 11.8 Å². The van der Waals surface area contributed by atoms with E-state index in [1.165, 1.54) is 0 Å². The van der Waals surface area contributed by atoms with Crippen LogP contribution in [0, 0.1) is 13.8 Å². The summed E-state index contributed by atoms with van der Waals surface area (Å²) in [6.45, 7) is 6.87. The van der Waals surface area contributed by atoms with Crippen LogP contribution in [0.3, 0.4) is 0 Å². The van der Waals surface area contributed by atoms with Crippen LogP contribution >= 0.6 is 0 Å². The Morgan fingerprint density at radius 1 is 0.864 bits per heavy atom. The van der Waals surface area contributed by atoms with E-state index in [2.05, 4.69) is 20.6 Å². The molecule has 0 unspecified atom stereocenters. The molecule has 0 saturated carbocycles. The third kappa shape index (κ3) is 2.72. The molecule has 0 atom stereocenters. The van der Waals surface area contributed by atoms with Gasteiger partial charge in [-0.15, -0.1) is 0 Å². The molecule has 4 rings (SSSR count). The first-order valence-corrected chi connectivity index (χ1v) is 7.18. The fourth-order valence-corrected chi connectivity index (χ4v) is 2.53. The van der Waals surface area contributed by atoms with E-state index in [9.17, 15) is 9.59 Å². The predicted octanol–water partition coefficient (Wildman–Crippen LogP) is -0.130. The van der Waals surface area contributed by atoms with Crippen LogP contribution in [0.4, 0.5) is 0 Å². The van der Waals surface area contributed by atoms with Gasteiger partial charge in [0.25, 0.3) is 11.8 Å². The number of imidazole rings is 2. The molecule has 2 aromatic rings. The van der Waals surface area contributed by atoms with Crippen LogP contribution in [0.15, 0.2) is 12.4 Å². The summed E-state index contributed by atoms with van der Waals surface area (Å²) in [6.07, 6.45) is 3.79. The fraction of sp³-hybridized carbons (Fsp3) is 0.429. The molecule has 8 heteroatoms. The largest absolute Gasteiger partial charge is 0.348 e. The smallest absolute Gasteiger partial charge is 0.287 e. The van der Waals surface area contributed by atoms with Crippen molar-refractivity contribution in [3.8, 4) is 0 Å². The number of carbonyl (C=O) groups excluding carboxylic acids is 2. The van der Waals surface area contributed by atoms with Gasteiger partial charge in [-0.2, -0.15) is 0 Å². The number of aryl methyl sites for hydroxylation is 2. The van der Waals surface area contributed by atoms with E-state index in [1.807, 2.05) is 35.4 Å². The quantitative estimate of drug-likeness (QED) is 0.709. The first-order chi connectivity index (χ1) is 10.5. The highest BCUT2D eigenvalue weighted by Crippen LogP contribution is 2.05. The molecule has 116 valence electrons. The van der Waals surface area contributed by atoms with Crippen LogP contribution in [0.5, 0.6) is 0 Å². The van der Waals surface area contributed by atoms with Gasteiger partial charge < -0.3 is 19.8 Å². The Morgan fingerprint density at radius 3 is 1.64 bits per heavy atom. The third-order valence-electron chi connectivity index (χ3n) is 3.48. The lowest BCUT2D eigenvalue weighted by atomic mass is 10.4. The zero-order valence-corrected chi connectivity index (χ0v) is 12.6. The van der Waals surface area contributed by atoms with Crippen molar-refractivity contribution in [2.24, 2.45) is 0 Å². The van der Waals surface area contributed by atoms with Gasteiger partial charge in [0.2, 0.25) is 0 Å². The summed E-state index contributed by atoms with van der Waals surface area (Å²) in [4.78, 5) is 30.4. The zero-order valence-electron chi connectivity index (χ0n) is 12.6. The van der Waals surface area contributed by atoms with E-state index >= 15 is 0 Å². The number of nitrogens with zero attached hydrogens (tertiary/aromatic N) is 4. The molecule has 2 aromatic heterocycles. The van der Waals surface area contributed by atoms with Gasteiger partial charge in [-0.25, -0.2) is 9.97 Å². The maximum Gasteiger partial charge on any atom is 0.287 e. The lowest BCUT2D eigenvalue weighted by molar-refractivity contribution is 0.0914. The monoisotopic (exact) mass is 302 g/mol. The second kappa shape index (κ2) is 5.63. The maximum atomic E-state index is 11.1. The zero-order chi connectivity index (χ0) is 15.7. The number of hydrogen-bond acceptors (Lipinski definition) is 4. The molecule has 0 aromatic carbocycles. The predicted molar refractivity (Wildman–Crippen MR) is 78.6 cm³/mol. The Morgan fingerprint density at radius 2 is 1.27 bits per heavy atom. The molecule has 0 saturated heterocycles. The lowest BCUT2D eigenvalue weighted by Crippen LogP contribution is -2.35. The first-order valence-electron chi connectivity index (χ1n) is 7.18. The topological polar surface area (TPSA) is 93.8 Å². The minimum atomic E-state index is -0.0654. The summed E-state index contributed by atoms with van der Waals surface area (Å²) in [5.74, 6) is 0.941. The Bertz CT molecular complexity index is 668. The second-order valence-corrected chi connectivity index (χ2v) is 5.31. The molecule has 2 N–H and O–H groups in total. The molecule has 22 heavy (non-hydrogen) atoms. The molecule has 0 spiro atoms. The number of hydrogen-bond donors (Lipinski definition) is 2. The van der Waals surface area contributed by atoms with Crippen LogP contribution in [0.25, 0.3) is 0 Å². The molecule has 0 aliphatic carbocycles. The van der Waals surface area contributed by atoms with Crippen molar-refractivity contribution >= 4 is 11.8 Å². The van der Waals surface area contributed by atoms with Gasteiger partial charge in [0.15, 0.2) is 11.6 Å². The van der Waals surface area contributed by atoms with Gasteiger partial charge in [0.05, 0.1) is 11.4 Å². The van der Waals surface area contributed by atoms with Gasteiger partial charge in [-0.05, 0) is 13.8 Å². The van der Waals surface area contributed by atoms with Gasteiger partial charge in [-0.3, -0.25) is 9.59 Å². The van der Waals surface area contributed by atoms with Crippen LogP contribution in [0.1, 0.15) is 32.6 Å². The Kier molecular flexibility index (Phi) is 3.66. The SMILES string of the molecule is Cc1cn2c(n1)C(=O)NCC2.Cc1cn2c(n1)C(=O)NCC2. The molecule has 0 radical (unpaired) electrons.